The molecule has 0 aliphatic carbocycles. The van der Waals surface area contributed by atoms with Crippen LogP contribution in [0.3, 0.4) is 0 Å². The van der Waals surface area contributed by atoms with E-state index in [0.717, 1.165) is 38.2 Å². The third-order valence-corrected chi connectivity index (χ3v) is 3.28. The molecule has 0 amide bonds. The van der Waals surface area contributed by atoms with Crippen molar-refractivity contribution in [2.75, 3.05) is 13.2 Å². The highest BCUT2D eigenvalue weighted by molar-refractivity contribution is 5.08. The van der Waals surface area contributed by atoms with Crippen molar-refractivity contribution in [2.24, 2.45) is 0 Å². The molecule has 1 rings (SSSR count). The van der Waals surface area contributed by atoms with E-state index in [4.69, 9.17) is 0 Å². The molecule has 0 spiro atoms. The second-order valence-electron chi connectivity index (χ2n) is 5.20. The van der Waals surface area contributed by atoms with Crippen LogP contribution in [0.15, 0.2) is 12.4 Å². The third kappa shape index (κ3) is 5.13. The van der Waals surface area contributed by atoms with Gasteiger partial charge in [0.05, 0.1) is 18.4 Å². The lowest BCUT2D eigenvalue weighted by atomic mass is 9.96. The van der Waals surface area contributed by atoms with E-state index in [1.165, 1.54) is 4.68 Å². The Morgan fingerprint density at radius 2 is 2.05 bits per heavy atom. The van der Waals surface area contributed by atoms with Crippen LogP contribution >= 0.6 is 0 Å². The number of hydrogen-bond acceptors (Lipinski definition) is 3. The number of nitrogens with one attached hydrogen (secondary N) is 1. The van der Waals surface area contributed by atoms with Gasteiger partial charge in [0.1, 0.15) is 0 Å². The number of rotatable bonds is 8. The predicted octanol–water partition coefficient (Wildman–Crippen LogP) is 2.43. The first-order chi connectivity index (χ1) is 9.30. The fourth-order valence-corrected chi connectivity index (χ4v) is 2.07. The van der Waals surface area contributed by atoms with E-state index < -0.39 is 11.7 Å². The maximum atomic E-state index is 12.4. The molecule has 4 nitrogen and oxygen atoms in total. The van der Waals surface area contributed by atoms with Gasteiger partial charge < -0.3 is 10.4 Å². The van der Waals surface area contributed by atoms with Gasteiger partial charge in [-0.1, -0.05) is 6.92 Å². The van der Waals surface area contributed by atoms with Crippen LogP contribution in [-0.4, -0.2) is 33.6 Å². The number of aliphatic hydroxyl groups is 1. The second-order valence-corrected chi connectivity index (χ2v) is 5.20. The number of unbranched alkanes of at least 4 members (excludes halogenated alkanes) is 1. The van der Waals surface area contributed by atoms with E-state index >= 15 is 0 Å². The summed E-state index contributed by atoms with van der Waals surface area (Å²) in [4.78, 5) is 0. The fraction of sp³-hybridized carbons (Fsp3) is 0.769. The highest BCUT2D eigenvalue weighted by Crippen LogP contribution is 2.28. The van der Waals surface area contributed by atoms with Crippen molar-refractivity contribution < 1.29 is 18.3 Å². The van der Waals surface area contributed by atoms with Gasteiger partial charge in [-0.3, -0.25) is 4.68 Å². The minimum atomic E-state index is -4.33. The zero-order valence-electron chi connectivity index (χ0n) is 11.9. The average molecular weight is 293 g/mol. The van der Waals surface area contributed by atoms with Crippen LogP contribution in [0, 0.1) is 0 Å². The summed E-state index contributed by atoms with van der Waals surface area (Å²) in [5.41, 5.74) is -1.04. The maximum Gasteiger partial charge on any atom is 0.419 e. The molecular weight excluding hydrogens is 271 g/mol. The average Bonchev–Trinajstić information content (AvgIpc) is 2.84. The van der Waals surface area contributed by atoms with Crippen LogP contribution in [0.25, 0.3) is 0 Å². The Kier molecular flexibility index (Phi) is 6.01. The largest absolute Gasteiger partial charge is 0.419 e. The molecule has 1 atom stereocenters. The summed E-state index contributed by atoms with van der Waals surface area (Å²) in [6.45, 7) is 5.16. The van der Waals surface area contributed by atoms with Crippen LogP contribution in [-0.2, 0) is 12.7 Å². The molecule has 116 valence electrons. The van der Waals surface area contributed by atoms with Gasteiger partial charge in [0.2, 0.25) is 0 Å². The Morgan fingerprint density at radius 3 is 2.55 bits per heavy atom. The minimum Gasteiger partial charge on any atom is -0.394 e. The lowest BCUT2D eigenvalue weighted by Crippen LogP contribution is -2.45. The number of aromatic nitrogens is 2. The molecule has 0 radical (unpaired) electrons. The van der Waals surface area contributed by atoms with Gasteiger partial charge in [0, 0.05) is 18.3 Å². The Hall–Kier alpha value is -1.08. The summed E-state index contributed by atoms with van der Waals surface area (Å²) < 4.78 is 38.5. The molecule has 0 saturated heterocycles. The Bertz CT molecular complexity index is 406. The van der Waals surface area contributed by atoms with Crippen molar-refractivity contribution in [1.82, 2.24) is 15.1 Å². The van der Waals surface area contributed by atoms with Crippen molar-refractivity contribution in [3.63, 3.8) is 0 Å². The highest BCUT2D eigenvalue weighted by atomic mass is 19.4. The summed E-state index contributed by atoms with van der Waals surface area (Å²) >= 11 is 0. The molecule has 0 aromatic carbocycles. The first-order valence-corrected chi connectivity index (χ1v) is 6.76. The maximum absolute atomic E-state index is 12.4. The molecule has 1 unspecified atom stereocenters. The van der Waals surface area contributed by atoms with Crippen LogP contribution in [0.4, 0.5) is 13.2 Å². The SMILES string of the molecule is CCNC(C)(CO)CCCCn1cc(C(F)(F)F)cn1. The highest BCUT2D eigenvalue weighted by Gasteiger charge is 2.32. The van der Waals surface area contributed by atoms with Crippen molar-refractivity contribution in [3.8, 4) is 0 Å². The summed E-state index contributed by atoms with van der Waals surface area (Å²) in [5, 5.41) is 16.2. The summed E-state index contributed by atoms with van der Waals surface area (Å²) in [5.74, 6) is 0. The van der Waals surface area contributed by atoms with Gasteiger partial charge in [-0.15, -0.1) is 0 Å². The molecule has 0 saturated carbocycles. The number of halogens is 3. The number of hydrogen-bond donors (Lipinski definition) is 2. The molecule has 1 heterocycles. The van der Waals surface area contributed by atoms with Gasteiger partial charge in [0.25, 0.3) is 0 Å². The molecule has 0 aliphatic heterocycles. The standard InChI is InChI=1S/C13H22F3N3O/c1-3-17-12(2,10-20)6-4-5-7-19-9-11(8-18-19)13(14,15)16/h8-9,17,20H,3-7,10H2,1-2H3. The smallest absolute Gasteiger partial charge is 0.394 e. The number of nitrogens with zero attached hydrogens (tertiary/aromatic N) is 2. The third-order valence-electron chi connectivity index (χ3n) is 3.28. The minimum absolute atomic E-state index is 0.0425. The Balaban J connectivity index is 2.36. The van der Waals surface area contributed by atoms with Crippen LogP contribution in [0.5, 0.6) is 0 Å². The summed E-state index contributed by atoms with van der Waals surface area (Å²) in [6, 6.07) is 0. The summed E-state index contributed by atoms with van der Waals surface area (Å²) in [6.07, 6.45) is -0.166. The van der Waals surface area contributed by atoms with Crippen molar-refractivity contribution in [1.29, 1.82) is 0 Å². The lowest BCUT2D eigenvalue weighted by molar-refractivity contribution is -0.137. The second kappa shape index (κ2) is 7.08. The van der Waals surface area contributed by atoms with E-state index in [1.807, 2.05) is 13.8 Å². The van der Waals surface area contributed by atoms with Gasteiger partial charge >= 0.3 is 6.18 Å². The molecule has 20 heavy (non-hydrogen) atoms. The van der Waals surface area contributed by atoms with Gasteiger partial charge in [0.15, 0.2) is 0 Å². The summed E-state index contributed by atoms with van der Waals surface area (Å²) in [7, 11) is 0. The lowest BCUT2D eigenvalue weighted by Gasteiger charge is -2.28. The molecule has 1 aromatic rings. The molecule has 0 bridgehead atoms. The van der Waals surface area contributed by atoms with Gasteiger partial charge in [-0.25, -0.2) is 0 Å². The number of aryl methyl sites for hydroxylation is 1. The topological polar surface area (TPSA) is 50.1 Å². The van der Waals surface area contributed by atoms with Crippen molar-refractivity contribution in [3.05, 3.63) is 18.0 Å². The zero-order valence-corrected chi connectivity index (χ0v) is 11.9. The van der Waals surface area contributed by atoms with E-state index in [2.05, 4.69) is 10.4 Å². The van der Waals surface area contributed by atoms with E-state index in [1.54, 1.807) is 0 Å². The van der Waals surface area contributed by atoms with Crippen LogP contribution < -0.4 is 5.32 Å². The normalized spacial score (nSPS) is 15.3. The Labute approximate surface area is 117 Å². The van der Waals surface area contributed by atoms with Crippen molar-refractivity contribution in [2.45, 2.75) is 51.4 Å². The molecule has 0 fully saturated rings. The number of likely N-dealkylation sites (N-methyl/N-ethyl adjacent to an activating group) is 1. The van der Waals surface area contributed by atoms with E-state index in [9.17, 15) is 18.3 Å². The monoisotopic (exact) mass is 293 g/mol. The molecule has 1 aromatic heterocycles. The quantitative estimate of drug-likeness (QED) is 0.724. The first-order valence-electron chi connectivity index (χ1n) is 6.76. The zero-order chi connectivity index (χ0) is 15.2. The predicted molar refractivity (Wildman–Crippen MR) is 70.2 cm³/mol. The van der Waals surface area contributed by atoms with Gasteiger partial charge in [-0.05, 0) is 32.7 Å². The van der Waals surface area contributed by atoms with Crippen LogP contribution in [0.2, 0.25) is 0 Å². The number of aliphatic hydroxyl groups excluding tert-OH is 1. The molecule has 7 heteroatoms. The fourth-order valence-electron chi connectivity index (χ4n) is 2.07. The van der Waals surface area contributed by atoms with Crippen molar-refractivity contribution >= 4 is 0 Å². The number of alkyl halides is 3. The molecule has 0 aliphatic rings. The van der Waals surface area contributed by atoms with E-state index in [0.29, 0.717) is 6.54 Å². The van der Waals surface area contributed by atoms with Crippen LogP contribution in [0.1, 0.15) is 38.7 Å². The molecular formula is C13H22F3N3O. The molecule has 2 N–H and O–H groups in total. The Morgan fingerprint density at radius 1 is 1.35 bits per heavy atom. The van der Waals surface area contributed by atoms with Gasteiger partial charge in [-0.2, -0.15) is 18.3 Å². The first kappa shape index (κ1) is 17.0. The van der Waals surface area contributed by atoms with E-state index in [-0.39, 0.29) is 12.1 Å².